The second-order valence-electron chi connectivity index (χ2n) is 4.80. The third-order valence-electron chi connectivity index (χ3n) is 3.65. The van der Waals surface area contributed by atoms with Crippen molar-refractivity contribution in [2.45, 2.75) is 42.9 Å². The Balaban J connectivity index is 2.91. The molecule has 122 valence electrons. The molecule has 1 aromatic rings. The van der Waals surface area contributed by atoms with Crippen molar-refractivity contribution in [2.75, 3.05) is 19.8 Å². The maximum Gasteiger partial charge on any atom is 0.242 e. The van der Waals surface area contributed by atoms with Gasteiger partial charge in [-0.15, -0.1) is 11.3 Å². The van der Waals surface area contributed by atoms with Gasteiger partial charge in [0.05, 0.1) is 3.79 Å². The molecule has 0 fully saturated rings. The van der Waals surface area contributed by atoms with Crippen LogP contribution in [-0.2, 0) is 16.6 Å². The van der Waals surface area contributed by atoms with Gasteiger partial charge >= 0.3 is 0 Å². The van der Waals surface area contributed by atoms with Gasteiger partial charge in [0.25, 0.3) is 0 Å². The smallest absolute Gasteiger partial charge is 0.242 e. The Kier molecular flexibility index (Phi) is 7.69. The molecule has 0 aliphatic rings. The Morgan fingerprint density at radius 1 is 1.38 bits per heavy atom. The number of thiophene rings is 1. The first-order valence-electron chi connectivity index (χ1n) is 6.81. The molecule has 0 bridgehead atoms. The highest BCUT2D eigenvalue weighted by Crippen LogP contribution is 2.33. The maximum absolute atomic E-state index is 12.5. The zero-order chi connectivity index (χ0) is 16.1. The minimum atomic E-state index is -3.48. The van der Waals surface area contributed by atoms with Crippen molar-refractivity contribution in [3.8, 4) is 0 Å². The number of hydrogen-bond acceptors (Lipinski definition) is 5. The fourth-order valence-electron chi connectivity index (χ4n) is 2.01. The third-order valence-corrected chi connectivity index (χ3v) is 8.89. The van der Waals surface area contributed by atoms with Crippen LogP contribution in [0.5, 0.6) is 0 Å². The second kappa shape index (κ2) is 8.31. The fourth-order valence-corrected chi connectivity index (χ4v) is 6.71. The van der Waals surface area contributed by atoms with Gasteiger partial charge in [0.2, 0.25) is 10.0 Å². The molecule has 1 aromatic heterocycles. The highest BCUT2D eigenvalue weighted by molar-refractivity contribution is 9.11. The van der Waals surface area contributed by atoms with Crippen LogP contribution in [-0.4, -0.2) is 33.0 Å². The number of hydrogen-bond donors (Lipinski definition) is 2. The molecule has 0 saturated carbocycles. The molecule has 1 heterocycles. The highest BCUT2D eigenvalue weighted by atomic mass is 79.9. The Morgan fingerprint density at radius 2 is 2.00 bits per heavy atom. The summed E-state index contributed by atoms with van der Waals surface area (Å²) in [6.07, 6.45) is 3.90. The van der Waals surface area contributed by atoms with Crippen LogP contribution in [0.3, 0.4) is 0 Å². The molecule has 0 aromatic carbocycles. The standard InChI is InChI=1S/C13H23BrN2O2S3/c1-5-13(6-2,19-4)9-16-21(17,18)11-7-10(8-15-3)20-12(11)14/h7,15-16H,5-6,8-9H2,1-4H3. The van der Waals surface area contributed by atoms with Crippen LogP contribution in [0, 0.1) is 0 Å². The van der Waals surface area contributed by atoms with E-state index in [1.807, 2.05) is 13.3 Å². The fraction of sp³-hybridized carbons (Fsp3) is 0.692. The van der Waals surface area contributed by atoms with Crippen molar-refractivity contribution in [3.05, 3.63) is 14.7 Å². The van der Waals surface area contributed by atoms with Gasteiger partial charge in [-0.25, -0.2) is 13.1 Å². The monoisotopic (exact) mass is 414 g/mol. The Morgan fingerprint density at radius 3 is 2.48 bits per heavy atom. The van der Waals surface area contributed by atoms with Gasteiger partial charge in [-0.2, -0.15) is 11.8 Å². The SMILES string of the molecule is CCC(CC)(CNS(=O)(=O)c1cc(CNC)sc1Br)SC. The Bertz CT molecular complexity index is 545. The van der Waals surface area contributed by atoms with Crippen LogP contribution >= 0.6 is 39.0 Å². The van der Waals surface area contributed by atoms with Gasteiger partial charge in [0.15, 0.2) is 0 Å². The van der Waals surface area contributed by atoms with Crippen LogP contribution in [0.1, 0.15) is 31.6 Å². The van der Waals surface area contributed by atoms with Crippen molar-refractivity contribution in [3.63, 3.8) is 0 Å². The van der Waals surface area contributed by atoms with E-state index in [0.717, 1.165) is 17.7 Å². The Labute approximate surface area is 144 Å². The van der Waals surface area contributed by atoms with E-state index in [0.29, 0.717) is 21.8 Å². The van der Waals surface area contributed by atoms with E-state index < -0.39 is 10.0 Å². The summed E-state index contributed by atoms with van der Waals surface area (Å²) >= 11 is 6.53. The zero-order valence-corrected chi connectivity index (χ0v) is 16.9. The second-order valence-corrected chi connectivity index (χ2v) is 10.3. The van der Waals surface area contributed by atoms with E-state index in [1.165, 1.54) is 11.3 Å². The lowest BCUT2D eigenvalue weighted by atomic mass is 10.0. The quantitative estimate of drug-likeness (QED) is 0.649. The molecule has 0 atom stereocenters. The van der Waals surface area contributed by atoms with Crippen LogP contribution in [0.25, 0.3) is 0 Å². The molecular formula is C13H23BrN2O2S3. The van der Waals surface area contributed by atoms with Crippen LogP contribution in [0.2, 0.25) is 0 Å². The first kappa shape index (κ1) is 19.4. The molecule has 8 heteroatoms. The van der Waals surface area contributed by atoms with E-state index >= 15 is 0 Å². The molecule has 0 spiro atoms. The number of halogens is 1. The average molecular weight is 415 g/mol. The lowest BCUT2D eigenvalue weighted by molar-refractivity contribution is 0.522. The molecule has 4 nitrogen and oxygen atoms in total. The summed E-state index contributed by atoms with van der Waals surface area (Å²) in [5.74, 6) is 0. The third kappa shape index (κ3) is 4.94. The van der Waals surface area contributed by atoms with Crippen molar-refractivity contribution in [1.29, 1.82) is 0 Å². The maximum atomic E-state index is 12.5. The van der Waals surface area contributed by atoms with Crippen molar-refractivity contribution >= 4 is 49.1 Å². The molecule has 1 rings (SSSR count). The molecule has 0 radical (unpaired) electrons. The van der Waals surface area contributed by atoms with E-state index in [4.69, 9.17) is 0 Å². The van der Waals surface area contributed by atoms with Gasteiger partial charge in [0, 0.05) is 22.7 Å². The molecule has 0 saturated heterocycles. The summed E-state index contributed by atoms with van der Waals surface area (Å²) < 4.78 is 28.4. The van der Waals surface area contributed by atoms with Crippen LogP contribution < -0.4 is 10.0 Å². The normalized spacial score (nSPS) is 12.8. The summed E-state index contributed by atoms with van der Waals surface area (Å²) in [5, 5.41) is 3.03. The largest absolute Gasteiger partial charge is 0.315 e. The predicted octanol–water partition coefficient (Wildman–Crippen LogP) is 3.43. The summed E-state index contributed by atoms with van der Waals surface area (Å²) in [5.41, 5.74) is 0. The van der Waals surface area contributed by atoms with E-state index in [9.17, 15) is 8.42 Å². The van der Waals surface area contributed by atoms with E-state index in [1.54, 1.807) is 17.8 Å². The van der Waals surface area contributed by atoms with Gasteiger partial charge < -0.3 is 5.32 Å². The summed E-state index contributed by atoms with van der Waals surface area (Å²) in [6, 6.07) is 1.73. The minimum Gasteiger partial charge on any atom is -0.315 e. The van der Waals surface area contributed by atoms with Crippen LogP contribution in [0.15, 0.2) is 14.7 Å². The Hall–Kier alpha value is 0.400. The lowest BCUT2D eigenvalue weighted by Gasteiger charge is -2.29. The molecule has 0 aliphatic heterocycles. The van der Waals surface area contributed by atoms with Gasteiger partial charge in [-0.05, 0) is 48.1 Å². The molecule has 2 N–H and O–H groups in total. The van der Waals surface area contributed by atoms with Gasteiger partial charge in [0.1, 0.15) is 4.90 Å². The molecule has 0 amide bonds. The average Bonchev–Trinajstić information content (AvgIpc) is 2.83. The topological polar surface area (TPSA) is 58.2 Å². The summed E-state index contributed by atoms with van der Waals surface area (Å²) in [6.45, 7) is 5.31. The number of sulfonamides is 1. The summed E-state index contributed by atoms with van der Waals surface area (Å²) in [4.78, 5) is 1.33. The first-order valence-corrected chi connectivity index (χ1v) is 11.1. The van der Waals surface area contributed by atoms with Crippen molar-refractivity contribution < 1.29 is 8.42 Å². The highest BCUT2D eigenvalue weighted by Gasteiger charge is 2.29. The number of thioether (sulfide) groups is 1. The molecule has 0 unspecified atom stereocenters. The minimum absolute atomic E-state index is 0.0383. The predicted molar refractivity (Wildman–Crippen MR) is 96.8 cm³/mol. The summed E-state index contributed by atoms with van der Waals surface area (Å²) in [7, 11) is -1.64. The van der Waals surface area contributed by atoms with E-state index in [-0.39, 0.29) is 4.75 Å². The van der Waals surface area contributed by atoms with Gasteiger partial charge in [-0.1, -0.05) is 13.8 Å². The zero-order valence-electron chi connectivity index (χ0n) is 12.8. The molecular weight excluding hydrogens is 392 g/mol. The number of rotatable bonds is 9. The lowest BCUT2D eigenvalue weighted by Crippen LogP contribution is -2.39. The van der Waals surface area contributed by atoms with E-state index in [2.05, 4.69) is 39.8 Å². The first-order chi connectivity index (χ1) is 9.84. The molecule has 21 heavy (non-hydrogen) atoms. The van der Waals surface area contributed by atoms with Crippen molar-refractivity contribution in [2.24, 2.45) is 0 Å². The van der Waals surface area contributed by atoms with Crippen LogP contribution in [0.4, 0.5) is 0 Å². The number of nitrogens with one attached hydrogen (secondary N) is 2. The van der Waals surface area contributed by atoms with Crippen molar-refractivity contribution in [1.82, 2.24) is 10.0 Å². The molecule has 0 aliphatic carbocycles. The van der Waals surface area contributed by atoms with Gasteiger partial charge in [-0.3, -0.25) is 0 Å².